The molecular formula is C19H18N2O4. The molecule has 0 saturated carbocycles. The summed E-state index contributed by atoms with van der Waals surface area (Å²) in [4.78, 5) is 18.6. The second-order valence-corrected chi connectivity index (χ2v) is 6.04. The largest absolute Gasteiger partial charge is 0.461 e. The van der Waals surface area contributed by atoms with Crippen LogP contribution in [0.1, 0.15) is 16.9 Å². The number of para-hydroxylation sites is 1. The number of esters is 1. The van der Waals surface area contributed by atoms with Crippen LogP contribution in [0.15, 0.2) is 64.0 Å². The van der Waals surface area contributed by atoms with E-state index in [4.69, 9.17) is 13.6 Å². The van der Waals surface area contributed by atoms with Crippen LogP contribution in [0.5, 0.6) is 0 Å². The van der Waals surface area contributed by atoms with Crippen molar-refractivity contribution in [1.29, 1.82) is 0 Å². The first-order valence-corrected chi connectivity index (χ1v) is 8.26. The van der Waals surface area contributed by atoms with E-state index >= 15 is 0 Å². The SMILES string of the molecule is O=C(OCC1CCN(c2ccccc2)C1)c1ncoc1-c1ccco1. The predicted octanol–water partition coefficient (Wildman–Crippen LogP) is 3.62. The molecule has 1 aromatic carbocycles. The average Bonchev–Trinajstić information content (AvgIpc) is 3.41. The summed E-state index contributed by atoms with van der Waals surface area (Å²) < 4.78 is 16.0. The Bertz CT molecular complexity index is 826. The van der Waals surface area contributed by atoms with E-state index in [9.17, 15) is 4.79 Å². The molecule has 3 heterocycles. The summed E-state index contributed by atoms with van der Waals surface area (Å²) in [5.41, 5.74) is 1.35. The summed E-state index contributed by atoms with van der Waals surface area (Å²) in [5.74, 6) is 0.578. The molecular weight excluding hydrogens is 320 g/mol. The first-order chi connectivity index (χ1) is 12.3. The highest BCUT2D eigenvalue weighted by Crippen LogP contribution is 2.26. The first-order valence-electron chi connectivity index (χ1n) is 8.26. The van der Waals surface area contributed by atoms with E-state index in [0.29, 0.717) is 24.0 Å². The molecule has 25 heavy (non-hydrogen) atoms. The normalized spacial score (nSPS) is 17.0. The van der Waals surface area contributed by atoms with Gasteiger partial charge in [0.2, 0.25) is 5.76 Å². The summed E-state index contributed by atoms with van der Waals surface area (Å²) in [6.07, 6.45) is 3.73. The lowest BCUT2D eigenvalue weighted by Crippen LogP contribution is -2.22. The third kappa shape index (κ3) is 3.28. The molecule has 6 heteroatoms. The Labute approximate surface area is 145 Å². The Morgan fingerprint density at radius 3 is 2.88 bits per heavy atom. The summed E-state index contributed by atoms with van der Waals surface area (Å²) in [7, 11) is 0. The van der Waals surface area contributed by atoms with Crippen LogP contribution in [0.2, 0.25) is 0 Å². The molecule has 1 aliphatic heterocycles. The number of furan rings is 1. The van der Waals surface area contributed by atoms with E-state index in [1.165, 1.54) is 18.3 Å². The quantitative estimate of drug-likeness (QED) is 0.662. The Hall–Kier alpha value is -3.02. The zero-order chi connectivity index (χ0) is 17.1. The van der Waals surface area contributed by atoms with Crippen molar-refractivity contribution < 1.29 is 18.4 Å². The first kappa shape index (κ1) is 15.5. The van der Waals surface area contributed by atoms with Crippen molar-refractivity contribution in [3.63, 3.8) is 0 Å². The number of hydrogen-bond acceptors (Lipinski definition) is 6. The van der Waals surface area contributed by atoms with Crippen LogP contribution in [0.25, 0.3) is 11.5 Å². The highest BCUT2D eigenvalue weighted by atomic mass is 16.5. The summed E-state index contributed by atoms with van der Waals surface area (Å²) in [5, 5.41) is 0. The molecule has 128 valence electrons. The number of hydrogen-bond donors (Lipinski definition) is 0. The molecule has 0 radical (unpaired) electrons. The molecule has 6 nitrogen and oxygen atoms in total. The molecule has 3 aromatic rings. The van der Waals surface area contributed by atoms with E-state index in [1.807, 2.05) is 18.2 Å². The van der Waals surface area contributed by atoms with Crippen molar-refractivity contribution in [2.45, 2.75) is 6.42 Å². The van der Waals surface area contributed by atoms with Gasteiger partial charge in [-0.05, 0) is 30.7 Å². The fourth-order valence-corrected chi connectivity index (χ4v) is 3.08. The number of aromatic nitrogens is 1. The van der Waals surface area contributed by atoms with Crippen molar-refractivity contribution in [3.8, 4) is 11.5 Å². The van der Waals surface area contributed by atoms with Gasteiger partial charge in [-0.1, -0.05) is 18.2 Å². The van der Waals surface area contributed by atoms with Gasteiger partial charge in [-0.3, -0.25) is 0 Å². The van der Waals surface area contributed by atoms with Gasteiger partial charge in [-0.2, -0.15) is 0 Å². The zero-order valence-electron chi connectivity index (χ0n) is 13.6. The number of carbonyl (C=O) groups is 1. The molecule has 0 spiro atoms. The number of nitrogens with zero attached hydrogens (tertiary/aromatic N) is 2. The predicted molar refractivity (Wildman–Crippen MR) is 91.2 cm³/mol. The number of benzene rings is 1. The van der Waals surface area contributed by atoms with E-state index in [1.54, 1.807) is 12.1 Å². The topological polar surface area (TPSA) is 68.7 Å². The van der Waals surface area contributed by atoms with Crippen molar-refractivity contribution >= 4 is 11.7 Å². The summed E-state index contributed by atoms with van der Waals surface area (Å²) in [6.45, 7) is 2.21. The fraction of sp³-hybridized carbons (Fsp3) is 0.263. The van der Waals surface area contributed by atoms with E-state index in [0.717, 1.165) is 19.5 Å². The monoisotopic (exact) mass is 338 g/mol. The number of anilines is 1. The van der Waals surface area contributed by atoms with E-state index < -0.39 is 5.97 Å². The van der Waals surface area contributed by atoms with Gasteiger partial charge < -0.3 is 18.5 Å². The molecule has 1 unspecified atom stereocenters. The molecule has 2 aromatic heterocycles. The molecule has 0 bridgehead atoms. The molecule has 1 aliphatic rings. The number of rotatable bonds is 5. The fourth-order valence-electron chi connectivity index (χ4n) is 3.08. The van der Waals surface area contributed by atoms with Crippen LogP contribution < -0.4 is 4.90 Å². The van der Waals surface area contributed by atoms with Gasteiger partial charge >= 0.3 is 5.97 Å². The second-order valence-electron chi connectivity index (χ2n) is 6.04. The Morgan fingerprint density at radius 2 is 2.08 bits per heavy atom. The minimum atomic E-state index is -0.488. The number of carbonyl (C=O) groups excluding carboxylic acids is 1. The standard InChI is InChI=1S/C19H18N2O4/c22-19(17-18(25-13-20-17)16-7-4-10-23-16)24-12-14-8-9-21(11-14)15-5-2-1-3-6-15/h1-7,10,13-14H,8-9,11-12H2. The van der Waals surface area contributed by atoms with Gasteiger partial charge in [-0.15, -0.1) is 0 Å². The minimum Gasteiger partial charge on any atom is -0.461 e. The van der Waals surface area contributed by atoms with Crippen molar-refractivity contribution in [2.24, 2.45) is 5.92 Å². The van der Waals surface area contributed by atoms with Crippen LogP contribution in [-0.2, 0) is 4.74 Å². The Morgan fingerprint density at radius 1 is 1.20 bits per heavy atom. The number of oxazole rings is 1. The molecule has 0 N–H and O–H groups in total. The summed E-state index contributed by atoms with van der Waals surface area (Å²) >= 11 is 0. The van der Waals surface area contributed by atoms with Crippen LogP contribution in [0.4, 0.5) is 5.69 Å². The van der Waals surface area contributed by atoms with Gasteiger partial charge in [-0.25, -0.2) is 9.78 Å². The molecule has 0 aliphatic carbocycles. The van der Waals surface area contributed by atoms with Crippen molar-refractivity contribution in [2.75, 3.05) is 24.6 Å². The highest BCUT2D eigenvalue weighted by Gasteiger charge is 2.26. The van der Waals surface area contributed by atoms with Crippen LogP contribution in [0.3, 0.4) is 0 Å². The average molecular weight is 338 g/mol. The molecule has 1 fully saturated rings. The second kappa shape index (κ2) is 6.84. The third-order valence-corrected chi connectivity index (χ3v) is 4.36. The van der Waals surface area contributed by atoms with Gasteiger partial charge in [0.25, 0.3) is 0 Å². The minimum absolute atomic E-state index is 0.146. The van der Waals surface area contributed by atoms with Crippen LogP contribution >= 0.6 is 0 Å². The van der Waals surface area contributed by atoms with Crippen LogP contribution in [-0.4, -0.2) is 30.6 Å². The zero-order valence-corrected chi connectivity index (χ0v) is 13.6. The molecule has 4 rings (SSSR count). The van der Waals surface area contributed by atoms with Crippen molar-refractivity contribution in [1.82, 2.24) is 4.98 Å². The highest BCUT2D eigenvalue weighted by molar-refractivity contribution is 5.92. The molecule has 1 atom stereocenters. The lowest BCUT2D eigenvalue weighted by Gasteiger charge is -2.18. The Kier molecular flexibility index (Phi) is 4.24. The van der Waals surface area contributed by atoms with Gasteiger partial charge in [0, 0.05) is 24.7 Å². The van der Waals surface area contributed by atoms with Crippen LogP contribution in [0, 0.1) is 5.92 Å². The maximum absolute atomic E-state index is 12.3. The maximum atomic E-state index is 12.3. The lowest BCUT2D eigenvalue weighted by atomic mass is 10.1. The number of ether oxygens (including phenoxy) is 1. The lowest BCUT2D eigenvalue weighted by molar-refractivity contribution is 0.0445. The van der Waals surface area contributed by atoms with Crippen molar-refractivity contribution in [3.05, 3.63) is 60.8 Å². The van der Waals surface area contributed by atoms with E-state index in [-0.39, 0.29) is 5.69 Å². The summed E-state index contributed by atoms with van der Waals surface area (Å²) in [6, 6.07) is 13.7. The molecule has 0 amide bonds. The van der Waals surface area contributed by atoms with Gasteiger partial charge in [0.1, 0.15) is 0 Å². The Balaban J connectivity index is 1.35. The van der Waals surface area contributed by atoms with E-state index in [2.05, 4.69) is 22.0 Å². The van der Waals surface area contributed by atoms with Gasteiger partial charge in [0.15, 0.2) is 17.8 Å². The van der Waals surface area contributed by atoms with Gasteiger partial charge in [0.05, 0.1) is 12.9 Å². The maximum Gasteiger partial charge on any atom is 0.361 e. The smallest absolute Gasteiger partial charge is 0.361 e. The molecule has 1 saturated heterocycles. The third-order valence-electron chi connectivity index (χ3n) is 4.36.